The van der Waals surface area contributed by atoms with Crippen LogP contribution in [0, 0.1) is 44.9 Å². The molecule has 12 aliphatic carbocycles. The number of hydrogen-bond acceptors (Lipinski definition) is 20. The van der Waals surface area contributed by atoms with Gasteiger partial charge in [0.25, 0.3) is 23.6 Å². The number of nitrogens with zero attached hydrogens (tertiary/aromatic N) is 2. The highest BCUT2D eigenvalue weighted by molar-refractivity contribution is 6.31. The molecule has 4 amide bonds. The lowest BCUT2D eigenvalue weighted by atomic mass is 9.38. The first kappa shape index (κ1) is 89.9. The third kappa shape index (κ3) is 21.7. The van der Waals surface area contributed by atoms with E-state index in [1.54, 1.807) is 70.0 Å². The number of aromatic nitrogens is 2. The zero-order valence-corrected chi connectivity index (χ0v) is 70.7. The van der Waals surface area contributed by atoms with E-state index in [1.807, 2.05) is 12.1 Å². The summed E-state index contributed by atoms with van der Waals surface area (Å²) in [4.78, 5) is 108. The summed E-state index contributed by atoms with van der Waals surface area (Å²) in [5.41, 5.74) is 0.526. The minimum absolute atomic E-state index is 0.00130. The predicted molar refractivity (Wildman–Crippen MR) is 442 cm³/mol. The molecular formula is C90H89Cl4F5N6O18. The van der Waals surface area contributed by atoms with E-state index in [0.717, 1.165) is 82.1 Å². The molecule has 12 aliphatic rings. The number of pyridine rings is 2. The molecule has 33 heteroatoms. The van der Waals surface area contributed by atoms with Crippen LogP contribution in [0.25, 0.3) is 0 Å². The average molecular weight is 1780 g/mol. The van der Waals surface area contributed by atoms with Crippen molar-refractivity contribution in [2.24, 2.45) is 21.7 Å². The third-order valence-electron chi connectivity index (χ3n) is 23.4. The molecule has 0 spiro atoms. The van der Waals surface area contributed by atoms with Crippen LogP contribution in [-0.2, 0) is 23.9 Å². The van der Waals surface area contributed by atoms with Crippen LogP contribution in [-0.4, -0.2) is 153 Å². The van der Waals surface area contributed by atoms with Gasteiger partial charge in [0, 0.05) is 110 Å². The van der Waals surface area contributed by atoms with Crippen molar-refractivity contribution < 1.29 is 108 Å². The molecular weight excluding hydrogens is 1690 g/mol. The molecule has 4 N–H and O–H groups in total. The first-order chi connectivity index (χ1) is 58.6. The predicted octanol–water partition coefficient (Wildman–Crippen LogP) is 16.2. The number of nitrogens with one attached hydrogen (secondary N) is 4. The van der Waals surface area contributed by atoms with Crippen LogP contribution in [0.15, 0.2) is 152 Å². The van der Waals surface area contributed by atoms with E-state index in [4.69, 9.17) is 93.8 Å². The minimum Gasteiger partial charge on any atom is -0.497 e. The number of rotatable bonds is 37. The van der Waals surface area contributed by atoms with Gasteiger partial charge >= 0.3 is 0 Å². The number of halogens is 9. The molecule has 20 rings (SSSR count). The van der Waals surface area contributed by atoms with Crippen molar-refractivity contribution in [1.29, 1.82) is 0 Å². The number of ether oxygens (including phenoxy) is 10. The largest absolute Gasteiger partial charge is 0.497 e. The molecule has 1 atom stereocenters. The fourth-order valence-electron chi connectivity index (χ4n) is 18.7. The van der Waals surface area contributed by atoms with Gasteiger partial charge in [-0.3, -0.25) is 43.3 Å². The normalized spacial score (nSPS) is 23.7. The van der Waals surface area contributed by atoms with E-state index in [1.165, 1.54) is 80.9 Å². The Morgan fingerprint density at radius 3 is 1.10 bits per heavy atom. The van der Waals surface area contributed by atoms with Crippen molar-refractivity contribution in [2.45, 2.75) is 138 Å². The van der Waals surface area contributed by atoms with Crippen LogP contribution in [0.4, 0.5) is 22.0 Å². The summed E-state index contributed by atoms with van der Waals surface area (Å²) in [7, 11) is 6.26. The number of amides is 4. The van der Waals surface area contributed by atoms with Gasteiger partial charge in [-0.2, -0.15) is 0 Å². The second kappa shape index (κ2) is 37.3. The summed E-state index contributed by atoms with van der Waals surface area (Å²) in [5, 5.41) is 11.9. The van der Waals surface area contributed by atoms with Crippen molar-refractivity contribution in [3.63, 3.8) is 0 Å². The topological polar surface area (TPSA) is 303 Å². The Balaban J connectivity index is 0.000000141. The molecule has 12 saturated carbocycles. The van der Waals surface area contributed by atoms with E-state index in [0.29, 0.717) is 98.0 Å². The zero-order chi connectivity index (χ0) is 87.9. The van der Waals surface area contributed by atoms with Gasteiger partial charge in [-0.15, -0.1) is 0 Å². The summed E-state index contributed by atoms with van der Waals surface area (Å²) in [6, 6.07) is 34.7. The summed E-state index contributed by atoms with van der Waals surface area (Å²) in [6.07, 6.45) is 12.1. The van der Waals surface area contributed by atoms with Crippen LogP contribution < -0.4 is 63.9 Å². The van der Waals surface area contributed by atoms with E-state index >= 15 is 0 Å². The fourth-order valence-corrected chi connectivity index (χ4v) is 19.2. The Hall–Kier alpha value is -10.9. The summed E-state index contributed by atoms with van der Waals surface area (Å²) in [5.74, 6) is 0.0637. The maximum atomic E-state index is 13.4. The van der Waals surface area contributed by atoms with Crippen molar-refractivity contribution in [1.82, 2.24) is 31.2 Å². The summed E-state index contributed by atoms with van der Waals surface area (Å²) >= 11 is 22.5. The molecule has 24 nitrogen and oxygen atoms in total. The quantitative estimate of drug-likeness (QED) is 0.0160. The summed E-state index contributed by atoms with van der Waals surface area (Å²) in [6.45, 7) is 1.31. The van der Waals surface area contributed by atoms with Crippen LogP contribution in [0.3, 0.4) is 0 Å². The number of Topliss-reactive ketones (excluding diaryl/α,β-unsaturated/α-hetero) is 4. The van der Waals surface area contributed by atoms with Crippen molar-refractivity contribution in [3.05, 3.63) is 218 Å². The monoisotopic (exact) mass is 1780 g/mol. The van der Waals surface area contributed by atoms with Gasteiger partial charge in [0.05, 0.1) is 54.2 Å². The Kier molecular flexibility index (Phi) is 27.3. The van der Waals surface area contributed by atoms with Crippen LogP contribution in [0.1, 0.15) is 151 Å². The minimum atomic E-state index is -1.48. The second-order valence-electron chi connectivity index (χ2n) is 33.4. The number of ketones is 4. The van der Waals surface area contributed by atoms with Crippen LogP contribution >= 0.6 is 46.4 Å². The van der Waals surface area contributed by atoms with E-state index in [-0.39, 0.29) is 172 Å². The summed E-state index contributed by atoms with van der Waals surface area (Å²) < 4.78 is 119. The molecule has 650 valence electrons. The maximum Gasteiger partial charge on any atom is 0.258 e. The molecule has 123 heavy (non-hydrogen) atoms. The lowest BCUT2D eigenvalue weighted by molar-refractivity contribution is -0.165. The lowest BCUT2D eigenvalue weighted by Crippen LogP contribution is -2.75. The Bertz CT molecular complexity index is 5280. The van der Waals surface area contributed by atoms with Gasteiger partial charge in [0.2, 0.25) is 6.36 Å². The smallest absolute Gasteiger partial charge is 0.258 e. The maximum absolute atomic E-state index is 13.4. The van der Waals surface area contributed by atoms with Crippen LogP contribution in [0.5, 0.6) is 51.7 Å². The molecule has 12 fully saturated rings. The van der Waals surface area contributed by atoms with E-state index in [9.17, 15) is 60.3 Å². The Morgan fingerprint density at radius 2 is 0.748 bits per heavy atom. The Labute approximate surface area is 725 Å². The van der Waals surface area contributed by atoms with Gasteiger partial charge in [-0.05, 0) is 196 Å². The van der Waals surface area contributed by atoms with E-state index in [2.05, 4.69) is 31.2 Å². The third-order valence-corrected chi connectivity index (χ3v) is 24.6. The zero-order valence-electron chi connectivity index (χ0n) is 67.7. The first-order valence-electron chi connectivity index (χ1n) is 39.5. The number of hydrogen-bond donors (Lipinski definition) is 4. The van der Waals surface area contributed by atoms with Gasteiger partial charge in [0.1, 0.15) is 81.5 Å². The first-order valence-corrected chi connectivity index (χ1v) is 41.0. The second-order valence-corrected chi connectivity index (χ2v) is 35.0. The molecule has 6 aromatic carbocycles. The molecule has 1 unspecified atom stereocenters. The highest BCUT2D eigenvalue weighted by Crippen LogP contribution is 2.72. The lowest BCUT2D eigenvalue weighted by Gasteiger charge is -2.70. The average Bonchev–Trinajstić information content (AvgIpc) is 0.699. The van der Waals surface area contributed by atoms with Gasteiger partial charge < -0.3 is 68.6 Å². The number of benzene rings is 6. The fraction of sp³-hybridized carbons (Fsp3) is 0.400. The highest BCUT2D eigenvalue weighted by Gasteiger charge is 2.71. The van der Waals surface area contributed by atoms with Gasteiger partial charge in [-0.25, -0.2) is 26.9 Å². The molecule has 2 aromatic heterocycles. The molecule has 0 saturated heterocycles. The van der Waals surface area contributed by atoms with Crippen LogP contribution in [0.2, 0.25) is 20.1 Å². The SMILES string of the molecule is CC(F)Oc1ccnc(C(=O)CC23CC(NC(=O)COc4ccc(Cl)c(F)c4)(C2)C3)c1.COCCOc1ccc(C(=O)CC23CC(NC(=O)COc4ccc(Cl)c(F)c4)(C2)C3)nc1.COc1ccc(C(=O)CC23CC(NC(=O)COc4ccc(Cl)c(F)c4)(C2)C3)cc1OC.COc1cccc(C(=O)CC23CC(NC(=O)COc4ccc(Cl)c(F)c4)(C2)C3)c1. The molecule has 8 aromatic rings. The highest BCUT2D eigenvalue weighted by atomic mass is 35.5. The van der Waals surface area contributed by atoms with Crippen molar-refractivity contribution >= 4 is 93.2 Å². The standard InChI is InChI=1S/C23H24ClFN2O5.C23H23ClFNO5.C22H21ClF2N2O4.C22H21ClFNO4/c1-30-6-7-31-16-3-5-19(26-10-16)20(28)9-22-12-23(13-22,14-22)27-21(29)11-32-15-2-4-17(24)18(25)8-15;1-29-19-6-3-14(7-20(19)30-2)18(27)9-22-11-23(12-22,13-22)26-21(28)10-31-15-4-5-16(24)17(25)8-15;1-13(24)31-15-4-5-26-18(7-15)19(28)8-21-10-22(11-21,12-21)27-20(29)9-30-14-2-3-16(23)17(25)6-14;1-28-15-4-2-3-14(7-15)19(26)9-21-11-22(12-21,13-21)25-20(27)10-29-16-5-6-17(23)18(24)8-16/h2-5,8,10H,6-7,9,11-14H2,1H3,(H,27,29);3-8H,9-13H2,1-2H3,(H,26,28);2-7,13H,8-12H2,1H3,(H,27,29);2-8H,9-13H2,1H3,(H,25,27). The molecule has 2 heterocycles. The molecule has 8 bridgehead atoms. The Morgan fingerprint density at radius 1 is 0.374 bits per heavy atom. The van der Waals surface area contributed by atoms with E-state index < -0.39 is 29.6 Å². The number of alkyl halides is 1. The van der Waals surface area contributed by atoms with Gasteiger partial charge in [0.15, 0.2) is 61.1 Å². The van der Waals surface area contributed by atoms with Gasteiger partial charge in [-0.1, -0.05) is 58.5 Å². The molecule has 0 radical (unpaired) electrons. The number of carbonyl (C=O) groups excluding carboxylic acids is 8. The van der Waals surface area contributed by atoms with Crippen molar-refractivity contribution in [2.75, 3.05) is 68.1 Å². The van der Waals surface area contributed by atoms with Crippen molar-refractivity contribution in [3.8, 4) is 51.7 Å². The number of methoxy groups -OCH3 is 4. The molecule has 0 aliphatic heterocycles. The number of carbonyl (C=O) groups is 8.